The van der Waals surface area contributed by atoms with Crippen molar-refractivity contribution in [3.63, 3.8) is 0 Å². The minimum absolute atomic E-state index is 0.0259. The van der Waals surface area contributed by atoms with Crippen LogP contribution in [0.3, 0.4) is 0 Å². The average molecular weight is 129 g/mol. The Morgan fingerprint density at radius 2 is 2.44 bits per heavy atom. The van der Waals surface area contributed by atoms with Crippen LogP contribution in [0.4, 0.5) is 0 Å². The summed E-state index contributed by atoms with van der Waals surface area (Å²) in [5.74, 6) is -0.537. The van der Waals surface area contributed by atoms with Crippen molar-refractivity contribution in [2.24, 2.45) is 10.3 Å². The van der Waals surface area contributed by atoms with Crippen molar-refractivity contribution in [3.8, 4) is 0 Å². The molecule has 0 spiro atoms. The van der Waals surface area contributed by atoms with E-state index in [0.29, 0.717) is 6.20 Å². The van der Waals surface area contributed by atoms with Gasteiger partial charge in [0.2, 0.25) is 0 Å². The lowest BCUT2D eigenvalue weighted by Gasteiger charge is -1.79. The van der Waals surface area contributed by atoms with Gasteiger partial charge in [-0.3, -0.25) is 0 Å². The van der Waals surface area contributed by atoms with E-state index < -0.39 is 10.7 Å². The van der Waals surface area contributed by atoms with E-state index in [-0.39, 0.29) is 4.87 Å². The molecule has 0 amide bonds. The summed E-state index contributed by atoms with van der Waals surface area (Å²) < 4.78 is 0. The molecule has 9 heavy (non-hydrogen) atoms. The zero-order valence-corrected chi connectivity index (χ0v) is 4.09. The van der Waals surface area contributed by atoms with E-state index in [2.05, 4.69) is 10.3 Å². The fourth-order valence-corrected chi connectivity index (χ4v) is 0.324. The van der Waals surface area contributed by atoms with Gasteiger partial charge in [-0.05, 0) is 9.83 Å². The predicted octanol–water partition coefficient (Wildman–Crippen LogP) is 0.222. The molecule has 1 aliphatic rings. The van der Waals surface area contributed by atoms with Crippen LogP contribution in [-0.2, 0) is 0 Å². The quantitative estimate of drug-likeness (QED) is 0.288. The third kappa shape index (κ3) is 0.929. The molecule has 7 heteroatoms. The van der Waals surface area contributed by atoms with Crippen LogP contribution in [0.2, 0.25) is 0 Å². The standard InChI is InChI=1S/C2HN4O3/c7-5-1-2(3-4-5)6(8)9/h1H/q+1. The molecule has 0 N–H and O–H groups in total. The predicted molar refractivity (Wildman–Crippen MR) is 23.6 cm³/mol. The van der Waals surface area contributed by atoms with Crippen LogP contribution in [0, 0.1) is 15.0 Å². The Hall–Kier alpha value is -1.66. The molecule has 0 fully saturated rings. The maximum atomic E-state index is 10.0. The highest BCUT2D eigenvalue weighted by atomic mass is 16.6. The Bertz CT molecular complexity index is 228. The van der Waals surface area contributed by atoms with Crippen LogP contribution in [0.1, 0.15) is 0 Å². The van der Waals surface area contributed by atoms with Crippen LogP contribution in [-0.4, -0.2) is 9.79 Å². The summed E-state index contributed by atoms with van der Waals surface area (Å²) in [6.07, 6.45) is 0.681. The zero-order chi connectivity index (χ0) is 6.85. The van der Waals surface area contributed by atoms with Gasteiger partial charge in [0.1, 0.15) is 9.98 Å². The molecule has 0 unspecified atom stereocenters. The van der Waals surface area contributed by atoms with Gasteiger partial charge in [0.15, 0.2) is 5.22 Å². The molecule has 1 heterocycles. The van der Waals surface area contributed by atoms with Gasteiger partial charge in [0.05, 0.1) is 0 Å². The second-order valence-electron chi connectivity index (χ2n) is 1.24. The number of nitro groups is 1. The fourth-order valence-electron chi connectivity index (χ4n) is 0.324. The largest absolute Gasteiger partial charge is 0.440 e. The maximum Gasteiger partial charge on any atom is 0.440 e. The van der Waals surface area contributed by atoms with Crippen molar-refractivity contribution in [2.75, 3.05) is 0 Å². The van der Waals surface area contributed by atoms with Crippen molar-refractivity contribution in [2.45, 2.75) is 0 Å². The van der Waals surface area contributed by atoms with Gasteiger partial charge in [-0.25, -0.2) is 0 Å². The van der Waals surface area contributed by atoms with Crippen molar-refractivity contribution in [1.29, 1.82) is 0 Å². The summed E-state index contributed by atoms with van der Waals surface area (Å²) >= 11 is 0. The Morgan fingerprint density at radius 1 is 1.78 bits per heavy atom. The van der Waals surface area contributed by atoms with Gasteiger partial charge >= 0.3 is 5.82 Å². The number of nitroso groups, excluding NO2 is 1. The van der Waals surface area contributed by atoms with E-state index in [0.717, 1.165) is 0 Å². The molecule has 46 valence electrons. The SMILES string of the molecule is O=[N+]1C=C([N+](=O)[O-])N=N1. The first-order chi connectivity index (χ1) is 4.20. The summed E-state index contributed by atoms with van der Waals surface area (Å²) in [6, 6.07) is 0. The number of hydrogen-bond donors (Lipinski definition) is 0. The van der Waals surface area contributed by atoms with Crippen molar-refractivity contribution >= 4 is 0 Å². The maximum absolute atomic E-state index is 10.0. The van der Waals surface area contributed by atoms with E-state index in [1.807, 2.05) is 0 Å². The van der Waals surface area contributed by atoms with Crippen LogP contribution >= 0.6 is 0 Å². The highest BCUT2D eigenvalue weighted by molar-refractivity contribution is 4.81. The first-order valence-corrected chi connectivity index (χ1v) is 1.94. The van der Waals surface area contributed by atoms with E-state index in [4.69, 9.17) is 0 Å². The molecule has 0 bridgehead atoms. The Kier molecular flexibility index (Phi) is 1.03. The molecule has 0 aromatic heterocycles. The van der Waals surface area contributed by atoms with Crippen LogP contribution in [0.5, 0.6) is 0 Å². The lowest BCUT2D eigenvalue weighted by Crippen LogP contribution is -1.92. The van der Waals surface area contributed by atoms with Gasteiger partial charge in [0, 0.05) is 0 Å². The molecular formula is C2HN4O3+. The molecule has 0 saturated heterocycles. The average Bonchev–Trinajstić information content (AvgIpc) is 2.14. The molecule has 7 nitrogen and oxygen atoms in total. The summed E-state index contributed by atoms with van der Waals surface area (Å²) in [5, 5.41) is 15.5. The van der Waals surface area contributed by atoms with Crippen molar-refractivity contribution < 1.29 is 9.79 Å². The Labute approximate surface area is 48.4 Å². The normalized spacial score (nSPS) is 16.0. The molecule has 1 rings (SSSR count). The Morgan fingerprint density at radius 3 is 2.67 bits per heavy atom. The summed E-state index contributed by atoms with van der Waals surface area (Å²) in [4.78, 5) is 19.0. The third-order valence-corrected chi connectivity index (χ3v) is 0.648. The first-order valence-electron chi connectivity index (χ1n) is 1.94. The van der Waals surface area contributed by atoms with Crippen LogP contribution < -0.4 is 0 Å². The van der Waals surface area contributed by atoms with Gasteiger partial charge in [-0.1, -0.05) is 0 Å². The molecule has 0 aliphatic carbocycles. The van der Waals surface area contributed by atoms with Crippen molar-refractivity contribution in [3.05, 3.63) is 27.0 Å². The van der Waals surface area contributed by atoms with Crippen LogP contribution in [0.25, 0.3) is 0 Å². The minimum Gasteiger partial charge on any atom is -0.358 e. The molecule has 0 atom stereocenters. The van der Waals surface area contributed by atoms with E-state index >= 15 is 0 Å². The molecule has 0 saturated carbocycles. The van der Waals surface area contributed by atoms with Crippen molar-refractivity contribution in [1.82, 2.24) is 0 Å². The lowest BCUT2D eigenvalue weighted by molar-refractivity contribution is -0.492. The van der Waals surface area contributed by atoms with Gasteiger partial charge in [-0.2, -0.15) is 0 Å². The number of hydrogen-bond acceptors (Lipinski definition) is 4. The topological polar surface area (TPSA) is 87.9 Å². The molecule has 0 aromatic rings. The number of nitrogens with zero attached hydrogens (tertiary/aromatic N) is 4. The lowest BCUT2D eigenvalue weighted by atomic mass is 10.8. The summed E-state index contributed by atoms with van der Waals surface area (Å²) in [7, 11) is 0. The molecule has 1 aliphatic heterocycles. The third-order valence-electron chi connectivity index (χ3n) is 0.648. The molecule has 0 radical (unpaired) electrons. The second kappa shape index (κ2) is 1.69. The highest BCUT2D eigenvalue weighted by Crippen LogP contribution is 2.05. The second-order valence-corrected chi connectivity index (χ2v) is 1.24. The monoisotopic (exact) mass is 129 g/mol. The van der Waals surface area contributed by atoms with Gasteiger partial charge < -0.3 is 10.1 Å². The summed E-state index contributed by atoms with van der Waals surface area (Å²) in [5.41, 5.74) is 0. The fraction of sp³-hybridized carbons (Fsp3) is 0. The zero-order valence-electron chi connectivity index (χ0n) is 4.09. The smallest absolute Gasteiger partial charge is 0.358 e. The van der Waals surface area contributed by atoms with Crippen LogP contribution in [0.15, 0.2) is 22.4 Å². The molecular weight excluding hydrogens is 128 g/mol. The minimum atomic E-state index is -0.790. The highest BCUT2D eigenvalue weighted by Gasteiger charge is 2.22. The number of rotatable bonds is 1. The Balaban J connectivity index is 2.88. The van der Waals surface area contributed by atoms with Gasteiger partial charge in [0.25, 0.3) is 6.20 Å². The summed E-state index contributed by atoms with van der Waals surface area (Å²) in [6.45, 7) is 0. The first kappa shape index (κ1) is 5.48. The van der Waals surface area contributed by atoms with E-state index in [9.17, 15) is 15.0 Å². The van der Waals surface area contributed by atoms with E-state index in [1.54, 1.807) is 0 Å². The molecule has 0 aromatic carbocycles. The van der Waals surface area contributed by atoms with Gasteiger partial charge in [-0.15, -0.1) is 0 Å². The van der Waals surface area contributed by atoms with E-state index in [1.165, 1.54) is 0 Å².